The highest BCUT2D eigenvalue weighted by Gasteiger charge is 2.03. The zero-order valence-electron chi connectivity index (χ0n) is 9.76. The van der Waals surface area contributed by atoms with Crippen molar-refractivity contribution in [2.75, 3.05) is 5.32 Å². The van der Waals surface area contributed by atoms with Gasteiger partial charge in [0.15, 0.2) is 0 Å². The molecule has 94 valence electrons. The number of carbonyl (C=O) groups excluding carboxylic acids is 1. The van der Waals surface area contributed by atoms with Crippen LogP contribution in [0.1, 0.15) is 10.4 Å². The Morgan fingerprint density at radius 1 is 1.32 bits per heavy atom. The van der Waals surface area contributed by atoms with Gasteiger partial charge < -0.3 is 5.32 Å². The molecule has 0 unspecified atom stereocenters. The molecule has 0 saturated carbocycles. The van der Waals surface area contributed by atoms with Crippen molar-refractivity contribution >= 4 is 40.6 Å². The standard InChI is InChI=1S/C14H9ClN2OS/c15-13-7-5-11(19-13)6-8-14(18)17-12-4-2-1-3-10(12)9-16/h1-8H,(H,17,18)/b8-6+. The maximum atomic E-state index is 11.7. The number of nitriles is 1. The minimum atomic E-state index is -0.285. The Labute approximate surface area is 119 Å². The summed E-state index contributed by atoms with van der Waals surface area (Å²) in [7, 11) is 0. The highest BCUT2D eigenvalue weighted by molar-refractivity contribution is 7.17. The SMILES string of the molecule is N#Cc1ccccc1NC(=O)/C=C/c1ccc(Cl)s1. The molecule has 1 N–H and O–H groups in total. The Morgan fingerprint density at radius 3 is 2.79 bits per heavy atom. The summed E-state index contributed by atoms with van der Waals surface area (Å²) in [6.45, 7) is 0. The summed E-state index contributed by atoms with van der Waals surface area (Å²) in [4.78, 5) is 12.6. The molecule has 1 heterocycles. The van der Waals surface area contributed by atoms with Crippen LogP contribution in [0, 0.1) is 11.3 Å². The van der Waals surface area contributed by atoms with Gasteiger partial charge in [0.2, 0.25) is 5.91 Å². The van der Waals surface area contributed by atoms with Crippen molar-refractivity contribution in [3.05, 3.63) is 57.3 Å². The molecule has 0 aliphatic carbocycles. The molecule has 3 nitrogen and oxygen atoms in total. The van der Waals surface area contributed by atoms with Crippen molar-refractivity contribution in [3.8, 4) is 6.07 Å². The lowest BCUT2D eigenvalue weighted by atomic mass is 10.2. The summed E-state index contributed by atoms with van der Waals surface area (Å²) in [5.41, 5.74) is 0.937. The van der Waals surface area contributed by atoms with Gasteiger partial charge in [0.1, 0.15) is 6.07 Å². The Morgan fingerprint density at radius 2 is 2.11 bits per heavy atom. The largest absolute Gasteiger partial charge is 0.321 e. The number of para-hydroxylation sites is 1. The van der Waals surface area contributed by atoms with Gasteiger partial charge in [-0.2, -0.15) is 5.26 Å². The highest BCUT2D eigenvalue weighted by Crippen LogP contribution is 2.22. The van der Waals surface area contributed by atoms with Gasteiger partial charge in [-0.1, -0.05) is 23.7 Å². The number of rotatable bonds is 3. The molecule has 19 heavy (non-hydrogen) atoms. The van der Waals surface area contributed by atoms with Crippen molar-refractivity contribution in [1.29, 1.82) is 5.26 Å². The maximum Gasteiger partial charge on any atom is 0.248 e. The quantitative estimate of drug-likeness (QED) is 0.870. The Bertz CT molecular complexity index is 670. The van der Waals surface area contributed by atoms with Crippen molar-refractivity contribution in [3.63, 3.8) is 0 Å². The molecule has 0 aliphatic rings. The molecule has 0 bridgehead atoms. The second kappa shape index (κ2) is 6.19. The molecule has 0 atom stereocenters. The fourth-order valence-corrected chi connectivity index (χ4v) is 2.40. The second-order valence-corrected chi connectivity index (χ2v) is 5.37. The van der Waals surface area contributed by atoms with E-state index in [4.69, 9.17) is 16.9 Å². The summed E-state index contributed by atoms with van der Waals surface area (Å²) in [6, 6.07) is 12.5. The minimum Gasteiger partial charge on any atom is -0.321 e. The molecule has 0 saturated heterocycles. The van der Waals surface area contributed by atoms with Gasteiger partial charge in [0.25, 0.3) is 0 Å². The topological polar surface area (TPSA) is 52.9 Å². The summed E-state index contributed by atoms with van der Waals surface area (Å²) >= 11 is 7.18. The molecule has 0 radical (unpaired) electrons. The number of anilines is 1. The Kier molecular flexibility index (Phi) is 4.35. The molecule has 1 aromatic carbocycles. The van der Waals surface area contributed by atoms with Crippen LogP contribution < -0.4 is 5.32 Å². The van der Waals surface area contributed by atoms with E-state index in [-0.39, 0.29) is 5.91 Å². The number of halogens is 1. The highest BCUT2D eigenvalue weighted by atomic mass is 35.5. The molecule has 1 aromatic heterocycles. The molecule has 5 heteroatoms. The van der Waals surface area contributed by atoms with Crippen molar-refractivity contribution in [2.45, 2.75) is 0 Å². The van der Waals surface area contributed by atoms with Crippen LogP contribution in [-0.2, 0) is 4.79 Å². The number of benzene rings is 1. The lowest BCUT2D eigenvalue weighted by Crippen LogP contribution is -2.08. The van der Waals surface area contributed by atoms with Gasteiger partial charge in [0, 0.05) is 11.0 Å². The lowest BCUT2D eigenvalue weighted by Gasteiger charge is -2.03. The van der Waals surface area contributed by atoms with E-state index < -0.39 is 0 Å². The fourth-order valence-electron chi connectivity index (χ4n) is 1.44. The molecule has 0 fully saturated rings. The fraction of sp³-hybridized carbons (Fsp3) is 0. The molecule has 0 aliphatic heterocycles. The summed E-state index contributed by atoms with van der Waals surface area (Å²) < 4.78 is 0.676. The maximum absolute atomic E-state index is 11.7. The molecular weight excluding hydrogens is 280 g/mol. The first kappa shape index (κ1) is 13.3. The number of nitrogens with one attached hydrogen (secondary N) is 1. The predicted octanol–water partition coefficient (Wildman–Crippen LogP) is 3.93. The molecule has 2 aromatic rings. The minimum absolute atomic E-state index is 0.285. The van der Waals surface area contributed by atoms with Crippen LogP contribution in [0.25, 0.3) is 6.08 Å². The van der Waals surface area contributed by atoms with Crippen LogP contribution in [0.5, 0.6) is 0 Å². The first-order valence-electron chi connectivity index (χ1n) is 5.42. The molecular formula is C14H9ClN2OS. The summed E-state index contributed by atoms with van der Waals surface area (Å²) in [5.74, 6) is -0.285. The van der Waals surface area contributed by atoms with Gasteiger partial charge in [-0.3, -0.25) is 4.79 Å². The number of thiophene rings is 1. The van der Waals surface area contributed by atoms with Crippen LogP contribution in [-0.4, -0.2) is 5.91 Å². The Balaban J connectivity index is 2.06. The smallest absolute Gasteiger partial charge is 0.248 e. The van der Waals surface area contributed by atoms with E-state index in [1.165, 1.54) is 17.4 Å². The monoisotopic (exact) mass is 288 g/mol. The van der Waals surface area contributed by atoms with E-state index >= 15 is 0 Å². The van der Waals surface area contributed by atoms with Crippen LogP contribution >= 0.6 is 22.9 Å². The van der Waals surface area contributed by atoms with Gasteiger partial charge in [-0.15, -0.1) is 11.3 Å². The molecule has 1 amide bonds. The van der Waals surface area contributed by atoms with Crippen LogP contribution in [0.2, 0.25) is 4.34 Å². The van der Waals surface area contributed by atoms with Crippen LogP contribution in [0.15, 0.2) is 42.5 Å². The first-order chi connectivity index (χ1) is 9.19. The van der Waals surface area contributed by atoms with Crippen LogP contribution in [0.4, 0.5) is 5.69 Å². The second-order valence-electron chi connectivity index (χ2n) is 3.62. The third kappa shape index (κ3) is 3.68. The third-order valence-corrected chi connectivity index (χ3v) is 3.49. The average molecular weight is 289 g/mol. The summed E-state index contributed by atoms with van der Waals surface area (Å²) in [6.07, 6.45) is 3.09. The predicted molar refractivity (Wildman–Crippen MR) is 78.1 cm³/mol. The van der Waals surface area contributed by atoms with Crippen molar-refractivity contribution in [2.24, 2.45) is 0 Å². The first-order valence-corrected chi connectivity index (χ1v) is 6.62. The lowest BCUT2D eigenvalue weighted by molar-refractivity contribution is -0.111. The van der Waals surface area contributed by atoms with E-state index in [2.05, 4.69) is 5.32 Å². The summed E-state index contributed by atoms with van der Waals surface area (Å²) in [5, 5.41) is 11.6. The average Bonchev–Trinajstić information content (AvgIpc) is 2.83. The number of amides is 1. The zero-order valence-corrected chi connectivity index (χ0v) is 11.3. The normalized spacial score (nSPS) is 10.3. The van der Waals surface area contributed by atoms with E-state index in [1.807, 2.05) is 12.1 Å². The van der Waals surface area contributed by atoms with E-state index in [0.717, 1.165) is 4.88 Å². The van der Waals surface area contributed by atoms with Crippen molar-refractivity contribution < 1.29 is 4.79 Å². The number of hydrogen-bond acceptors (Lipinski definition) is 3. The van der Waals surface area contributed by atoms with Gasteiger partial charge in [-0.25, -0.2) is 0 Å². The number of carbonyl (C=O) groups is 1. The Hall–Kier alpha value is -2.09. The van der Waals surface area contributed by atoms with E-state index in [9.17, 15) is 4.79 Å². The third-order valence-electron chi connectivity index (χ3n) is 2.30. The molecule has 2 rings (SSSR count). The zero-order chi connectivity index (χ0) is 13.7. The van der Waals surface area contributed by atoms with Gasteiger partial charge in [0.05, 0.1) is 15.6 Å². The van der Waals surface area contributed by atoms with Crippen LogP contribution in [0.3, 0.4) is 0 Å². The van der Waals surface area contributed by atoms with E-state index in [1.54, 1.807) is 36.4 Å². The van der Waals surface area contributed by atoms with Gasteiger partial charge >= 0.3 is 0 Å². The number of nitrogens with zero attached hydrogens (tertiary/aromatic N) is 1. The molecule has 0 spiro atoms. The number of hydrogen-bond donors (Lipinski definition) is 1. The van der Waals surface area contributed by atoms with Crippen molar-refractivity contribution in [1.82, 2.24) is 0 Å². The van der Waals surface area contributed by atoms with Gasteiger partial charge in [-0.05, 0) is 30.3 Å². The van der Waals surface area contributed by atoms with E-state index in [0.29, 0.717) is 15.6 Å².